The Bertz CT molecular complexity index is 337. The molecule has 88 valence electrons. The van der Waals surface area contributed by atoms with Gasteiger partial charge >= 0.3 is 0 Å². The van der Waals surface area contributed by atoms with Crippen molar-refractivity contribution in [2.24, 2.45) is 11.8 Å². The Hall–Kier alpha value is -1.12. The van der Waals surface area contributed by atoms with Gasteiger partial charge < -0.3 is 4.90 Å². The first-order valence-corrected chi connectivity index (χ1v) is 6.14. The van der Waals surface area contributed by atoms with Crippen LogP contribution in [0.25, 0.3) is 0 Å². The Morgan fingerprint density at radius 3 is 2.12 bits per heavy atom. The van der Waals surface area contributed by atoms with Crippen LogP contribution in [0.1, 0.15) is 39.2 Å². The topological polar surface area (TPSA) is 29.0 Å². The van der Waals surface area contributed by atoms with E-state index in [0.29, 0.717) is 5.92 Å². The third-order valence-corrected chi connectivity index (χ3v) is 3.46. The zero-order chi connectivity index (χ0) is 11.7. The minimum atomic E-state index is 0.508. The van der Waals surface area contributed by atoms with Crippen LogP contribution in [0.2, 0.25) is 0 Å². The number of hydrogen-bond donors (Lipinski definition) is 0. The second kappa shape index (κ2) is 4.40. The largest absolute Gasteiger partial charge is 0.340 e. The molecule has 2 rings (SSSR count). The van der Waals surface area contributed by atoms with E-state index < -0.39 is 0 Å². The normalized spacial score (nSPS) is 17.0. The molecule has 0 atom stereocenters. The second-order valence-electron chi connectivity index (χ2n) is 5.38. The van der Waals surface area contributed by atoms with E-state index in [9.17, 15) is 0 Å². The van der Waals surface area contributed by atoms with Crippen molar-refractivity contribution in [2.75, 3.05) is 18.0 Å². The Morgan fingerprint density at radius 2 is 1.69 bits per heavy atom. The fourth-order valence-electron chi connectivity index (χ4n) is 1.89. The predicted molar refractivity (Wildman–Crippen MR) is 66.7 cm³/mol. The quantitative estimate of drug-likeness (QED) is 0.782. The highest BCUT2D eigenvalue weighted by Crippen LogP contribution is 2.26. The molecule has 0 saturated carbocycles. The smallest absolute Gasteiger partial charge is 0.225 e. The molecule has 16 heavy (non-hydrogen) atoms. The lowest BCUT2D eigenvalue weighted by molar-refractivity contribution is 0.306. The average molecular weight is 219 g/mol. The highest BCUT2D eigenvalue weighted by molar-refractivity contribution is 5.34. The molecule has 1 saturated heterocycles. The first kappa shape index (κ1) is 11.4. The van der Waals surface area contributed by atoms with Crippen molar-refractivity contribution in [1.29, 1.82) is 0 Å². The fraction of sp³-hybridized carbons (Fsp3) is 0.692. The SMILES string of the molecule is CC(C)c1cnc(N2CC(C(C)C)C2)nc1. The van der Waals surface area contributed by atoms with Crippen LogP contribution >= 0.6 is 0 Å². The van der Waals surface area contributed by atoms with Gasteiger partial charge in [-0.2, -0.15) is 0 Å². The summed E-state index contributed by atoms with van der Waals surface area (Å²) in [5.74, 6) is 2.98. The lowest BCUT2D eigenvalue weighted by Gasteiger charge is -2.41. The molecule has 0 aromatic carbocycles. The average Bonchev–Trinajstić information content (AvgIpc) is 2.15. The number of anilines is 1. The summed E-state index contributed by atoms with van der Waals surface area (Å²) in [6.45, 7) is 11.1. The maximum atomic E-state index is 4.43. The van der Waals surface area contributed by atoms with Crippen molar-refractivity contribution in [2.45, 2.75) is 33.6 Å². The monoisotopic (exact) mass is 219 g/mol. The van der Waals surface area contributed by atoms with Gasteiger partial charge in [-0.05, 0) is 23.3 Å². The van der Waals surface area contributed by atoms with E-state index in [2.05, 4.69) is 42.6 Å². The number of aromatic nitrogens is 2. The van der Waals surface area contributed by atoms with Crippen molar-refractivity contribution in [1.82, 2.24) is 9.97 Å². The van der Waals surface area contributed by atoms with E-state index in [4.69, 9.17) is 0 Å². The molecule has 1 aromatic heterocycles. The number of nitrogens with zero attached hydrogens (tertiary/aromatic N) is 3. The summed E-state index contributed by atoms with van der Waals surface area (Å²) in [7, 11) is 0. The molecule has 3 nitrogen and oxygen atoms in total. The summed E-state index contributed by atoms with van der Waals surface area (Å²) in [6.07, 6.45) is 3.91. The molecule has 0 N–H and O–H groups in total. The van der Waals surface area contributed by atoms with Crippen LogP contribution in [-0.2, 0) is 0 Å². The molecule has 3 heteroatoms. The lowest BCUT2D eigenvalue weighted by Crippen LogP contribution is -2.49. The van der Waals surface area contributed by atoms with Crippen LogP contribution in [-0.4, -0.2) is 23.1 Å². The molecule has 1 aliphatic rings. The Labute approximate surface area is 97.9 Å². The van der Waals surface area contributed by atoms with Gasteiger partial charge in [-0.25, -0.2) is 9.97 Å². The van der Waals surface area contributed by atoms with Gasteiger partial charge in [-0.15, -0.1) is 0 Å². The van der Waals surface area contributed by atoms with E-state index in [1.165, 1.54) is 5.56 Å². The van der Waals surface area contributed by atoms with Crippen LogP contribution in [0.5, 0.6) is 0 Å². The van der Waals surface area contributed by atoms with Gasteiger partial charge in [-0.3, -0.25) is 0 Å². The number of hydrogen-bond acceptors (Lipinski definition) is 3. The van der Waals surface area contributed by atoms with E-state index in [1.807, 2.05) is 12.4 Å². The van der Waals surface area contributed by atoms with Gasteiger partial charge in [-0.1, -0.05) is 27.7 Å². The lowest BCUT2D eigenvalue weighted by atomic mass is 9.89. The zero-order valence-electron chi connectivity index (χ0n) is 10.6. The maximum absolute atomic E-state index is 4.43. The molecule has 0 spiro atoms. The molecular weight excluding hydrogens is 198 g/mol. The first-order valence-electron chi connectivity index (χ1n) is 6.14. The second-order valence-corrected chi connectivity index (χ2v) is 5.38. The van der Waals surface area contributed by atoms with Crippen molar-refractivity contribution in [3.05, 3.63) is 18.0 Å². The molecule has 0 amide bonds. The molecule has 1 aliphatic heterocycles. The summed E-state index contributed by atoms with van der Waals surface area (Å²) < 4.78 is 0. The highest BCUT2D eigenvalue weighted by atomic mass is 15.3. The van der Waals surface area contributed by atoms with Gasteiger partial charge in [0, 0.05) is 25.5 Å². The highest BCUT2D eigenvalue weighted by Gasteiger charge is 2.30. The van der Waals surface area contributed by atoms with E-state index in [0.717, 1.165) is 30.9 Å². The maximum Gasteiger partial charge on any atom is 0.225 e. The number of rotatable bonds is 3. The summed E-state index contributed by atoms with van der Waals surface area (Å²) in [5.41, 5.74) is 1.21. The van der Waals surface area contributed by atoms with Crippen molar-refractivity contribution >= 4 is 5.95 Å². The third kappa shape index (κ3) is 2.18. The molecule has 0 bridgehead atoms. The van der Waals surface area contributed by atoms with Crippen molar-refractivity contribution in [3.63, 3.8) is 0 Å². The predicted octanol–water partition coefficient (Wildman–Crippen LogP) is 2.69. The minimum absolute atomic E-state index is 0.508. The Kier molecular flexibility index (Phi) is 3.13. The van der Waals surface area contributed by atoms with Gasteiger partial charge in [0.1, 0.15) is 0 Å². The first-order chi connectivity index (χ1) is 7.58. The molecular formula is C13H21N3. The fourth-order valence-corrected chi connectivity index (χ4v) is 1.89. The summed E-state index contributed by atoms with van der Waals surface area (Å²) in [4.78, 5) is 11.1. The van der Waals surface area contributed by atoms with Crippen LogP contribution < -0.4 is 4.90 Å². The molecule has 0 aliphatic carbocycles. The van der Waals surface area contributed by atoms with Crippen LogP contribution in [0.3, 0.4) is 0 Å². The van der Waals surface area contributed by atoms with E-state index >= 15 is 0 Å². The van der Waals surface area contributed by atoms with Crippen LogP contribution in [0.4, 0.5) is 5.95 Å². The summed E-state index contributed by atoms with van der Waals surface area (Å²) in [6, 6.07) is 0. The Balaban J connectivity index is 1.97. The third-order valence-electron chi connectivity index (χ3n) is 3.46. The van der Waals surface area contributed by atoms with E-state index in [1.54, 1.807) is 0 Å². The van der Waals surface area contributed by atoms with Crippen LogP contribution in [0.15, 0.2) is 12.4 Å². The zero-order valence-corrected chi connectivity index (χ0v) is 10.6. The van der Waals surface area contributed by atoms with Crippen molar-refractivity contribution in [3.8, 4) is 0 Å². The van der Waals surface area contributed by atoms with Gasteiger partial charge in [0.2, 0.25) is 5.95 Å². The van der Waals surface area contributed by atoms with Gasteiger partial charge in [0.25, 0.3) is 0 Å². The molecule has 0 unspecified atom stereocenters. The van der Waals surface area contributed by atoms with Gasteiger partial charge in [0.15, 0.2) is 0 Å². The molecule has 0 radical (unpaired) electrons. The van der Waals surface area contributed by atoms with Crippen molar-refractivity contribution < 1.29 is 0 Å². The van der Waals surface area contributed by atoms with Crippen LogP contribution in [0, 0.1) is 11.8 Å². The van der Waals surface area contributed by atoms with Gasteiger partial charge in [0.05, 0.1) is 0 Å². The van der Waals surface area contributed by atoms with E-state index in [-0.39, 0.29) is 0 Å². The summed E-state index contributed by atoms with van der Waals surface area (Å²) >= 11 is 0. The standard InChI is InChI=1S/C13H21N3/c1-9(2)11-5-14-13(15-6-11)16-7-12(8-16)10(3)4/h5-6,9-10,12H,7-8H2,1-4H3. The Morgan fingerprint density at radius 1 is 1.12 bits per heavy atom. The minimum Gasteiger partial charge on any atom is -0.340 e. The molecule has 2 heterocycles. The summed E-state index contributed by atoms with van der Waals surface area (Å²) in [5, 5.41) is 0. The molecule has 1 aromatic rings. The molecule has 1 fully saturated rings.